The molecule has 0 aliphatic carbocycles. The van der Waals surface area contributed by atoms with Crippen LogP contribution in [0.5, 0.6) is 0 Å². The van der Waals surface area contributed by atoms with Crippen LogP contribution in [-0.2, 0) is 0 Å². The molecule has 0 saturated heterocycles. The van der Waals surface area contributed by atoms with Crippen LogP contribution in [0.2, 0.25) is 0 Å². The Morgan fingerprint density at radius 2 is 2.32 bits per heavy atom. The molecule has 0 amide bonds. The van der Waals surface area contributed by atoms with Gasteiger partial charge < -0.3 is 10.3 Å². The number of rotatable bonds is 5. The van der Waals surface area contributed by atoms with Gasteiger partial charge in [-0.15, -0.1) is 0 Å². The normalized spacial score (nSPS) is 12.3. The van der Waals surface area contributed by atoms with Crippen LogP contribution in [-0.4, -0.2) is 21.6 Å². The maximum atomic E-state index is 10.7. The molecule has 0 bridgehead atoms. The summed E-state index contributed by atoms with van der Waals surface area (Å²) in [6.07, 6.45) is 0.799. The molecule has 2 aromatic rings. The van der Waals surface area contributed by atoms with Gasteiger partial charge in [-0.2, -0.15) is 4.98 Å². The second-order valence-electron chi connectivity index (χ2n) is 4.10. The molecule has 1 aromatic heterocycles. The minimum absolute atomic E-state index is 0.00489. The van der Waals surface area contributed by atoms with Crippen molar-refractivity contribution in [1.29, 1.82) is 0 Å². The lowest BCUT2D eigenvalue weighted by molar-refractivity contribution is -0.384. The van der Waals surface area contributed by atoms with E-state index >= 15 is 0 Å². The molecule has 0 saturated carbocycles. The summed E-state index contributed by atoms with van der Waals surface area (Å²) in [7, 11) is 0. The molecular formula is C12H14N4O3. The summed E-state index contributed by atoms with van der Waals surface area (Å²) in [5, 5.41) is 14.6. The van der Waals surface area contributed by atoms with E-state index in [4.69, 9.17) is 10.3 Å². The van der Waals surface area contributed by atoms with Crippen molar-refractivity contribution in [3.63, 3.8) is 0 Å². The molecule has 1 heterocycles. The van der Waals surface area contributed by atoms with Crippen LogP contribution in [0, 0.1) is 10.1 Å². The van der Waals surface area contributed by atoms with Crippen molar-refractivity contribution in [3.8, 4) is 11.4 Å². The molecule has 0 spiro atoms. The fraction of sp³-hybridized carbons (Fsp3) is 0.333. The first kappa shape index (κ1) is 13.2. The van der Waals surface area contributed by atoms with E-state index in [1.807, 2.05) is 6.92 Å². The van der Waals surface area contributed by atoms with E-state index in [0.29, 0.717) is 23.8 Å². The summed E-state index contributed by atoms with van der Waals surface area (Å²) < 4.78 is 5.15. The lowest BCUT2D eigenvalue weighted by Gasteiger charge is -2.04. The average Bonchev–Trinajstić information content (AvgIpc) is 2.90. The third kappa shape index (κ3) is 2.76. The number of non-ortho nitro benzene ring substituents is 1. The van der Waals surface area contributed by atoms with Crippen LogP contribution in [0.15, 0.2) is 28.8 Å². The highest BCUT2D eigenvalue weighted by molar-refractivity contribution is 5.58. The van der Waals surface area contributed by atoms with Crippen LogP contribution in [0.25, 0.3) is 11.4 Å². The van der Waals surface area contributed by atoms with Crippen LogP contribution >= 0.6 is 0 Å². The Labute approximate surface area is 109 Å². The van der Waals surface area contributed by atoms with Gasteiger partial charge in [-0.05, 0) is 6.42 Å². The number of hydrogen-bond acceptors (Lipinski definition) is 6. The van der Waals surface area contributed by atoms with E-state index in [9.17, 15) is 10.1 Å². The number of nitrogens with two attached hydrogens (primary N) is 1. The van der Waals surface area contributed by atoms with E-state index in [1.54, 1.807) is 12.1 Å². The highest BCUT2D eigenvalue weighted by Crippen LogP contribution is 2.24. The molecule has 1 aromatic carbocycles. The SMILES string of the molecule is CCC(CN)c1nc(-c2cccc([N+](=O)[O-])c2)no1. The molecule has 7 nitrogen and oxygen atoms in total. The third-order valence-electron chi connectivity index (χ3n) is 2.88. The molecule has 2 N–H and O–H groups in total. The van der Waals surface area contributed by atoms with E-state index in [0.717, 1.165) is 6.42 Å². The van der Waals surface area contributed by atoms with Gasteiger partial charge in [-0.3, -0.25) is 10.1 Å². The lowest BCUT2D eigenvalue weighted by atomic mass is 10.1. The zero-order valence-corrected chi connectivity index (χ0v) is 10.4. The summed E-state index contributed by atoms with van der Waals surface area (Å²) in [5.41, 5.74) is 6.16. The monoisotopic (exact) mass is 262 g/mol. The molecule has 0 fully saturated rings. The number of nitro benzene ring substituents is 1. The number of nitro groups is 1. The Balaban J connectivity index is 2.32. The molecular weight excluding hydrogens is 248 g/mol. The number of aromatic nitrogens is 2. The summed E-state index contributed by atoms with van der Waals surface area (Å²) >= 11 is 0. The fourth-order valence-electron chi connectivity index (χ4n) is 1.72. The number of benzene rings is 1. The summed E-state index contributed by atoms with van der Waals surface area (Å²) in [6, 6.07) is 6.12. The van der Waals surface area contributed by atoms with Crippen molar-refractivity contribution >= 4 is 5.69 Å². The standard InChI is InChI=1S/C12H14N4O3/c1-2-8(7-13)12-14-11(15-19-12)9-4-3-5-10(6-9)16(17)18/h3-6,8H,2,7,13H2,1H3. The Morgan fingerprint density at radius 1 is 1.53 bits per heavy atom. The van der Waals surface area contributed by atoms with Crippen LogP contribution < -0.4 is 5.73 Å². The minimum atomic E-state index is -0.459. The predicted octanol–water partition coefficient (Wildman–Crippen LogP) is 2.10. The molecule has 0 aliphatic heterocycles. The van der Waals surface area contributed by atoms with E-state index < -0.39 is 4.92 Å². The molecule has 19 heavy (non-hydrogen) atoms. The first-order valence-corrected chi connectivity index (χ1v) is 5.94. The quantitative estimate of drug-likeness (QED) is 0.652. The van der Waals surface area contributed by atoms with Gasteiger partial charge in [0, 0.05) is 24.2 Å². The lowest BCUT2D eigenvalue weighted by Crippen LogP contribution is -2.11. The van der Waals surface area contributed by atoms with Crippen molar-refractivity contribution in [1.82, 2.24) is 10.1 Å². The van der Waals surface area contributed by atoms with E-state index in [1.165, 1.54) is 12.1 Å². The smallest absolute Gasteiger partial charge is 0.270 e. The number of hydrogen-bond donors (Lipinski definition) is 1. The first-order chi connectivity index (χ1) is 9.15. The highest BCUT2D eigenvalue weighted by atomic mass is 16.6. The molecule has 0 radical (unpaired) electrons. The summed E-state index contributed by atoms with van der Waals surface area (Å²) in [4.78, 5) is 14.5. The van der Waals surface area contributed by atoms with E-state index in [-0.39, 0.29) is 11.6 Å². The van der Waals surface area contributed by atoms with Crippen molar-refractivity contribution in [2.45, 2.75) is 19.3 Å². The third-order valence-corrected chi connectivity index (χ3v) is 2.88. The van der Waals surface area contributed by atoms with Gasteiger partial charge in [-0.25, -0.2) is 0 Å². The van der Waals surface area contributed by atoms with Gasteiger partial charge in [0.25, 0.3) is 5.69 Å². The topological polar surface area (TPSA) is 108 Å². The predicted molar refractivity (Wildman–Crippen MR) is 68.5 cm³/mol. The minimum Gasteiger partial charge on any atom is -0.339 e. The van der Waals surface area contributed by atoms with Crippen LogP contribution in [0.4, 0.5) is 5.69 Å². The van der Waals surface area contributed by atoms with Crippen molar-refractivity contribution in [2.24, 2.45) is 5.73 Å². The molecule has 2 rings (SSSR count). The van der Waals surface area contributed by atoms with Crippen molar-refractivity contribution in [2.75, 3.05) is 6.54 Å². The Bertz CT molecular complexity index is 578. The largest absolute Gasteiger partial charge is 0.339 e. The summed E-state index contributed by atoms with van der Waals surface area (Å²) in [6.45, 7) is 2.40. The van der Waals surface area contributed by atoms with E-state index in [2.05, 4.69) is 10.1 Å². The van der Waals surface area contributed by atoms with Crippen molar-refractivity contribution < 1.29 is 9.45 Å². The average molecular weight is 262 g/mol. The molecule has 100 valence electrons. The Kier molecular flexibility index (Phi) is 3.86. The van der Waals surface area contributed by atoms with Gasteiger partial charge in [0.1, 0.15) is 0 Å². The fourth-order valence-corrected chi connectivity index (χ4v) is 1.72. The summed E-state index contributed by atoms with van der Waals surface area (Å²) in [5.74, 6) is 0.817. The van der Waals surface area contributed by atoms with Gasteiger partial charge in [0.05, 0.1) is 10.8 Å². The second-order valence-corrected chi connectivity index (χ2v) is 4.10. The molecule has 1 unspecified atom stereocenters. The Hall–Kier alpha value is -2.28. The van der Waals surface area contributed by atoms with Gasteiger partial charge >= 0.3 is 0 Å². The second kappa shape index (κ2) is 5.57. The maximum absolute atomic E-state index is 10.7. The van der Waals surface area contributed by atoms with Crippen LogP contribution in [0.1, 0.15) is 25.2 Å². The highest BCUT2D eigenvalue weighted by Gasteiger charge is 2.17. The van der Waals surface area contributed by atoms with Gasteiger partial charge in [-0.1, -0.05) is 24.2 Å². The number of nitrogens with zero attached hydrogens (tertiary/aromatic N) is 3. The Morgan fingerprint density at radius 3 is 2.95 bits per heavy atom. The van der Waals surface area contributed by atoms with Gasteiger partial charge in [0.2, 0.25) is 11.7 Å². The molecule has 7 heteroatoms. The first-order valence-electron chi connectivity index (χ1n) is 5.94. The molecule has 1 atom stereocenters. The zero-order valence-electron chi connectivity index (χ0n) is 10.4. The van der Waals surface area contributed by atoms with Crippen LogP contribution in [0.3, 0.4) is 0 Å². The maximum Gasteiger partial charge on any atom is 0.270 e. The zero-order chi connectivity index (χ0) is 13.8. The van der Waals surface area contributed by atoms with Crippen molar-refractivity contribution in [3.05, 3.63) is 40.3 Å². The van der Waals surface area contributed by atoms with Gasteiger partial charge in [0.15, 0.2) is 0 Å². The molecule has 0 aliphatic rings.